The average molecular weight is 400 g/mol. The first-order chi connectivity index (χ1) is 12.6. The van der Waals surface area contributed by atoms with Crippen molar-refractivity contribution in [3.05, 3.63) is 64.3 Å². The van der Waals surface area contributed by atoms with E-state index in [0.29, 0.717) is 21.8 Å². The quantitative estimate of drug-likeness (QED) is 0.658. The minimum atomic E-state index is -1.58. The summed E-state index contributed by atoms with van der Waals surface area (Å²) in [6.07, 6.45) is -0.113. The lowest BCUT2D eigenvalue weighted by Crippen LogP contribution is -2.37. The van der Waals surface area contributed by atoms with Crippen molar-refractivity contribution in [1.82, 2.24) is 4.57 Å². The largest absolute Gasteiger partial charge is 0.481 e. The first-order valence-corrected chi connectivity index (χ1v) is 12.6. The fourth-order valence-electron chi connectivity index (χ4n) is 3.31. The van der Waals surface area contributed by atoms with Crippen molar-refractivity contribution in [3.63, 3.8) is 0 Å². The number of carboxylic acid groups (broad SMARTS) is 1. The summed E-state index contributed by atoms with van der Waals surface area (Å²) in [7, 11) is -1.58. The predicted molar refractivity (Wildman–Crippen MR) is 112 cm³/mol. The van der Waals surface area contributed by atoms with Crippen molar-refractivity contribution in [2.45, 2.75) is 33.0 Å². The van der Waals surface area contributed by atoms with E-state index in [1.807, 2.05) is 6.07 Å². The van der Waals surface area contributed by atoms with Crippen LogP contribution < -0.4 is 5.19 Å². The molecule has 140 valence electrons. The number of carboxylic acids is 1. The number of aliphatic carboxylic acids is 1. The minimum absolute atomic E-state index is 0.113. The van der Waals surface area contributed by atoms with Gasteiger partial charge in [-0.3, -0.25) is 14.2 Å². The van der Waals surface area contributed by atoms with Gasteiger partial charge in [0.2, 0.25) is 0 Å². The van der Waals surface area contributed by atoms with Crippen LogP contribution in [0.4, 0.5) is 0 Å². The third-order valence-electron chi connectivity index (χ3n) is 4.82. The van der Waals surface area contributed by atoms with Gasteiger partial charge in [-0.25, -0.2) is 0 Å². The molecule has 1 heterocycles. The van der Waals surface area contributed by atoms with Crippen LogP contribution in [0.1, 0.15) is 21.6 Å². The molecule has 0 spiro atoms. The molecule has 1 aromatic heterocycles. The molecular formula is C21H22ClNO3Si. The maximum Gasteiger partial charge on any atom is 0.307 e. The third kappa shape index (κ3) is 3.70. The van der Waals surface area contributed by atoms with Crippen LogP contribution >= 0.6 is 11.6 Å². The van der Waals surface area contributed by atoms with Crippen LogP contribution in [-0.2, 0) is 11.2 Å². The number of hydrogen-bond acceptors (Lipinski definition) is 2. The molecule has 27 heavy (non-hydrogen) atoms. The van der Waals surface area contributed by atoms with E-state index < -0.39 is 14.0 Å². The summed E-state index contributed by atoms with van der Waals surface area (Å²) < 4.78 is 1.62. The molecule has 0 saturated heterocycles. The van der Waals surface area contributed by atoms with E-state index in [4.69, 9.17) is 11.6 Å². The summed E-state index contributed by atoms with van der Waals surface area (Å²) >= 11 is 5.93. The highest BCUT2D eigenvalue weighted by molar-refractivity contribution is 6.88. The Morgan fingerprint density at radius 3 is 2.26 bits per heavy atom. The molecule has 0 bridgehead atoms. The first kappa shape index (κ1) is 19.4. The first-order valence-electron chi connectivity index (χ1n) is 8.76. The lowest BCUT2D eigenvalue weighted by Gasteiger charge is -2.17. The number of rotatable bonds is 4. The Morgan fingerprint density at radius 1 is 1.07 bits per heavy atom. The molecule has 0 aliphatic carbocycles. The van der Waals surface area contributed by atoms with Crippen LogP contribution in [0, 0.1) is 6.92 Å². The Labute approximate surface area is 164 Å². The average Bonchev–Trinajstić information content (AvgIpc) is 2.85. The van der Waals surface area contributed by atoms with Gasteiger partial charge in [0, 0.05) is 21.7 Å². The monoisotopic (exact) mass is 399 g/mol. The van der Waals surface area contributed by atoms with Crippen molar-refractivity contribution >= 4 is 47.6 Å². The Kier molecular flexibility index (Phi) is 5.01. The van der Waals surface area contributed by atoms with Crippen molar-refractivity contribution < 1.29 is 14.7 Å². The van der Waals surface area contributed by atoms with Crippen LogP contribution in [0.3, 0.4) is 0 Å². The molecule has 6 heteroatoms. The number of aromatic nitrogens is 1. The van der Waals surface area contributed by atoms with Crippen LogP contribution in [0.25, 0.3) is 10.9 Å². The maximum atomic E-state index is 13.2. The SMILES string of the molecule is Cc1c(CC(=O)O)c2cc([Si](C)(C)C)ccc2n1C(=O)c1ccc(Cl)cc1. The standard InChI is InChI=1S/C21H22ClNO3Si/c1-13-17(12-20(24)25)18-11-16(27(2,3)4)9-10-19(18)23(13)21(26)14-5-7-15(22)8-6-14/h5-11H,12H2,1-4H3,(H,24,25). The molecule has 0 atom stereocenters. The van der Waals surface area contributed by atoms with Gasteiger partial charge in [-0.15, -0.1) is 0 Å². The lowest BCUT2D eigenvalue weighted by atomic mass is 10.1. The molecule has 0 amide bonds. The third-order valence-corrected chi connectivity index (χ3v) is 7.12. The van der Waals surface area contributed by atoms with Gasteiger partial charge >= 0.3 is 5.97 Å². The number of benzene rings is 2. The van der Waals surface area contributed by atoms with Gasteiger partial charge < -0.3 is 5.11 Å². The summed E-state index contributed by atoms with van der Waals surface area (Å²) in [6.45, 7) is 8.54. The fraction of sp³-hybridized carbons (Fsp3) is 0.238. The summed E-state index contributed by atoms with van der Waals surface area (Å²) in [5.74, 6) is -1.10. The van der Waals surface area contributed by atoms with Gasteiger partial charge in [0.25, 0.3) is 5.91 Å². The molecule has 0 saturated carbocycles. The van der Waals surface area contributed by atoms with Gasteiger partial charge in [-0.05, 0) is 42.8 Å². The second-order valence-corrected chi connectivity index (χ2v) is 13.3. The van der Waals surface area contributed by atoms with Crippen molar-refractivity contribution in [2.24, 2.45) is 0 Å². The zero-order chi connectivity index (χ0) is 19.9. The zero-order valence-electron chi connectivity index (χ0n) is 15.8. The second kappa shape index (κ2) is 6.98. The van der Waals surface area contributed by atoms with Gasteiger partial charge in [-0.2, -0.15) is 0 Å². The van der Waals surface area contributed by atoms with E-state index >= 15 is 0 Å². The summed E-state index contributed by atoms with van der Waals surface area (Å²) in [5, 5.41) is 12.0. The van der Waals surface area contributed by atoms with E-state index in [-0.39, 0.29) is 12.3 Å². The summed E-state index contributed by atoms with van der Waals surface area (Å²) in [4.78, 5) is 24.6. The second-order valence-electron chi connectivity index (χ2n) is 7.76. The molecule has 3 aromatic rings. The van der Waals surface area contributed by atoms with E-state index in [2.05, 4.69) is 31.8 Å². The van der Waals surface area contributed by atoms with E-state index in [1.165, 1.54) is 5.19 Å². The van der Waals surface area contributed by atoms with Crippen molar-refractivity contribution in [2.75, 3.05) is 0 Å². The number of carbonyl (C=O) groups excluding carboxylic acids is 1. The molecule has 0 radical (unpaired) electrons. The van der Waals surface area contributed by atoms with Crippen LogP contribution in [-0.4, -0.2) is 29.6 Å². The number of hydrogen-bond donors (Lipinski definition) is 1. The number of halogens is 1. The van der Waals surface area contributed by atoms with Crippen LogP contribution in [0.15, 0.2) is 42.5 Å². The normalized spacial score (nSPS) is 11.7. The molecule has 1 N–H and O–H groups in total. The fourth-order valence-corrected chi connectivity index (χ4v) is 4.59. The number of nitrogens with zero attached hydrogens (tertiary/aromatic N) is 1. The Hall–Kier alpha value is -2.37. The van der Waals surface area contributed by atoms with Crippen molar-refractivity contribution in [1.29, 1.82) is 0 Å². The molecule has 2 aromatic carbocycles. The molecule has 0 aliphatic rings. The van der Waals surface area contributed by atoms with Crippen LogP contribution in [0.5, 0.6) is 0 Å². The minimum Gasteiger partial charge on any atom is -0.481 e. The lowest BCUT2D eigenvalue weighted by molar-refractivity contribution is -0.136. The highest BCUT2D eigenvalue weighted by atomic mass is 35.5. The maximum absolute atomic E-state index is 13.2. The molecule has 0 fully saturated rings. The zero-order valence-corrected chi connectivity index (χ0v) is 17.6. The Morgan fingerprint density at radius 2 is 1.70 bits per heavy atom. The van der Waals surface area contributed by atoms with Gasteiger partial charge in [0.15, 0.2) is 0 Å². The molecule has 4 nitrogen and oxygen atoms in total. The highest BCUT2D eigenvalue weighted by Gasteiger charge is 2.24. The number of fused-ring (bicyclic) bond motifs is 1. The highest BCUT2D eigenvalue weighted by Crippen LogP contribution is 2.28. The van der Waals surface area contributed by atoms with Crippen molar-refractivity contribution in [3.8, 4) is 0 Å². The smallest absolute Gasteiger partial charge is 0.307 e. The summed E-state index contributed by atoms with van der Waals surface area (Å²) in [6, 6.07) is 12.8. The number of carbonyl (C=O) groups is 2. The van der Waals surface area contributed by atoms with E-state index in [1.54, 1.807) is 35.8 Å². The summed E-state index contributed by atoms with van der Waals surface area (Å²) in [5.41, 5.74) is 2.61. The molecule has 0 aliphatic heterocycles. The molecule has 3 rings (SSSR count). The van der Waals surface area contributed by atoms with Gasteiger partial charge in [-0.1, -0.05) is 48.6 Å². The van der Waals surface area contributed by atoms with Gasteiger partial charge in [0.05, 0.1) is 20.0 Å². The van der Waals surface area contributed by atoms with E-state index in [9.17, 15) is 14.7 Å². The van der Waals surface area contributed by atoms with Crippen LogP contribution in [0.2, 0.25) is 24.7 Å². The Balaban J connectivity index is 2.26. The van der Waals surface area contributed by atoms with Gasteiger partial charge in [0.1, 0.15) is 0 Å². The predicted octanol–water partition coefficient (Wildman–Crippen LogP) is 4.46. The van der Waals surface area contributed by atoms with E-state index in [0.717, 1.165) is 10.9 Å². The molecular weight excluding hydrogens is 378 g/mol. The Bertz CT molecular complexity index is 1050. The topological polar surface area (TPSA) is 59.3 Å². The molecule has 0 unspecified atom stereocenters.